The Balaban J connectivity index is 2.34. The first kappa shape index (κ1) is 9.76. The number of hydrogen-bond donors (Lipinski definition) is 2. The van der Waals surface area contributed by atoms with Crippen molar-refractivity contribution in [3.05, 3.63) is 59.9 Å². The summed E-state index contributed by atoms with van der Waals surface area (Å²) in [7, 11) is 0. The van der Waals surface area contributed by atoms with E-state index in [1.165, 1.54) is 0 Å². The molecule has 15 heavy (non-hydrogen) atoms. The molecule has 0 saturated heterocycles. The minimum atomic E-state index is -0.0401. The Morgan fingerprint density at radius 2 is 1.80 bits per heavy atom. The number of hydrogen-bond acceptors (Lipinski definition) is 4. The highest BCUT2D eigenvalue weighted by atomic mass is 15.2. The lowest BCUT2D eigenvalue weighted by Gasteiger charge is -2.15. The maximum Gasteiger partial charge on any atom is 0.0726 e. The van der Waals surface area contributed by atoms with E-state index in [1.807, 2.05) is 36.4 Å². The lowest BCUT2D eigenvalue weighted by molar-refractivity contribution is 0.632. The minimum absolute atomic E-state index is 0.0401. The van der Waals surface area contributed by atoms with Crippen molar-refractivity contribution in [2.45, 2.75) is 6.04 Å². The van der Waals surface area contributed by atoms with Crippen molar-refractivity contribution >= 4 is 0 Å². The van der Waals surface area contributed by atoms with Gasteiger partial charge >= 0.3 is 0 Å². The molecule has 1 aromatic carbocycles. The van der Waals surface area contributed by atoms with Crippen LogP contribution in [0.3, 0.4) is 0 Å². The lowest BCUT2D eigenvalue weighted by Crippen LogP contribution is -2.28. The molecule has 1 heterocycles. The Hall–Kier alpha value is -1.78. The first-order valence-corrected chi connectivity index (χ1v) is 4.69. The molecule has 4 nitrogen and oxygen atoms in total. The van der Waals surface area contributed by atoms with Crippen molar-refractivity contribution in [3.63, 3.8) is 0 Å². The third-order valence-corrected chi connectivity index (χ3v) is 2.24. The molecule has 2 rings (SSSR count). The predicted molar refractivity (Wildman–Crippen MR) is 57.6 cm³/mol. The zero-order valence-electron chi connectivity index (χ0n) is 8.17. The molecule has 4 heteroatoms. The van der Waals surface area contributed by atoms with Crippen LogP contribution in [0.25, 0.3) is 0 Å². The largest absolute Gasteiger partial charge is 0.271 e. The normalized spacial score (nSPS) is 12.3. The average Bonchev–Trinajstić information content (AvgIpc) is 2.33. The Morgan fingerprint density at radius 3 is 2.40 bits per heavy atom. The molecule has 0 aliphatic heterocycles. The van der Waals surface area contributed by atoms with Crippen LogP contribution in [0.1, 0.15) is 17.2 Å². The lowest BCUT2D eigenvalue weighted by atomic mass is 10.0. The fourth-order valence-corrected chi connectivity index (χ4v) is 1.50. The van der Waals surface area contributed by atoms with Gasteiger partial charge in [-0.3, -0.25) is 5.84 Å². The van der Waals surface area contributed by atoms with E-state index in [2.05, 4.69) is 15.6 Å². The zero-order chi connectivity index (χ0) is 10.5. The van der Waals surface area contributed by atoms with Crippen LogP contribution in [0.2, 0.25) is 0 Å². The van der Waals surface area contributed by atoms with E-state index in [4.69, 9.17) is 5.84 Å². The molecule has 3 N–H and O–H groups in total. The van der Waals surface area contributed by atoms with Gasteiger partial charge in [0.25, 0.3) is 0 Å². The van der Waals surface area contributed by atoms with Crippen molar-refractivity contribution in [3.8, 4) is 0 Å². The summed E-state index contributed by atoms with van der Waals surface area (Å²) in [6, 6.07) is 11.8. The summed E-state index contributed by atoms with van der Waals surface area (Å²) in [6.07, 6.45) is 3.36. The minimum Gasteiger partial charge on any atom is -0.271 e. The van der Waals surface area contributed by atoms with Crippen LogP contribution in [0.5, 0.6) is 0 Å². The van der Waals surface area contributed by atoms with Gasteiger partial charge in [0, 0.05) is 6.20 Å². The van der Waals surface area contributed by atoms with Gasteiger partial charge in [0.2, 0.25) is 0 Å². The first-order valence-electron chi connectivity index (χ1n) is 4.69. The topological polar surface area (TPSA) is 63.8 Å². The van der Waals surface area contributed by atoms with Gasteiger partial charge in [-0.15, -0.1) is 0 Å². The number of rotatable bonds is 3. The molecule has 0 aliphatic carbocycles. The molecule has 0 saturated carbocycles. The number of nitrogens with zero attached hydrogens (tertiary/aromatic N) is 2. The van der Waals surface area contributed by atoms with Crippen LogP contribution >= 0.6 is 0 Å². The Bertz CT molecular complexity index is 362. The predicted octanol–water partition coefficient (Wildman–Crippen LogP) is 1.03. The van der Waals surface area contributed by atoms with Crippen LogP contribution in [-0.2, 0) is 0 Å². The van der Waals surface area contributed by atoms with Crippen molar-refractivity contribution in [2.24, 2.45) is 5.84 Å². The van der Waals surface area contributed by atoms with Crippen molar-refractivity contribution in [2.75, 3.05) is 0 Å². The smallest absolute Gasteiger partial charge is 0.0726 e. The molecule has 0 spiro atoms. The Morgan fingerprint density at radius 1 is 1.00 bits per heavy atom. The van der Waals surface area contributed by atoms with E-state index in [0.717, 1.165) is 11.1 Å². The molecular formula is C11H12N4. The molecule has 1 unspecified atom stereocenters. The van der Waals surface area contributed by atoms with Gasteiger partial charge in [-0.1, -0.05) is 30.3 Å². The van der Waals surface area contributed by atoms with Gasteiger partial charge in [0.15, 0.2) is 0 Å². The highest BCUT2D eigenvalue weighted by molar-refractivity contribution is 5.28. The van der Waals surface area contributed by atoms with Crippen molar-refractivity contribution < 1.29 is 0 Å². The summed E-state index contributed by atoms with van der Waals surface area (Å²) in [5.74, 6) is 5.54. The van der Waals surface area contributed by atoms with Gasteiger partial charge < -0.3 is 0 Å². The molecular weight excluding hydrogens is 188 g/mol. The fraction of sp³-hybridized carbons (Fsp3) is 0.0909. The standard InChI is InChI=1S/C11H12N4/c12-15-11(9-4-2-1-3-5-9)10-6-7-13-14-8-10/h1-8,11,15H,12H2. The quantitative estimate of drug-likeness (QED) is 0.573. The summed E-state index contributed by atoms with van der Waals surface area (Å²) >= 11 is 0. The van der Waals surface area contributed by atoms with E-state index in [0.29, 0.717) is 0 Å². The maximum atomic E-state index is 5.54. The molecule has 1 atom stereocenters. The summed E-state index contributed by atoms with van der Waals surface area (Å²) in [4.78, 5) is 0. The number of aromatic nitrogens is 2. The van der Waals surface area contributed by atoms with E-state index < -0.39 is 0 Å². The number of nitrogens with two attached hydrogens (primary N) is 1. The molecule has 0 radical (unpaired) electrons. The van der Waals surface area contributed by atoms with Gasteiger partial charge in [-0.25, -0.2) is 5.43 Å². The summed E-state index contributed by atoms with van der Waals surface area (Å²) in [5, 5.41) is 7.57. The first-order chi connectivity index (χ1) is 7.42. The van der Waals surface area contributed by atoms with E-state index in [9.17, 15) is 0 Å². The SMILES string of the molecule is NNC(c1ccccc1)c1ccnnc1. The number of hydrazine groups is 1. The van der Waals surface area contributed by atoms with Gasteiger partial charge in [0.1, 0.15) is 0 Å². The second-order valence-corrected chi connectivity index (χ2v) is 3.19. The van der Waals surface area contributed by atoms with Crippen LogP contribution in [0.4, 0.5) is 0 Å². The van der Waals surface area contributed by atoms with Crippen molar-refractivity contribution in [1.29, 1.82) is 0 Å². The summed E-state index contributed by atoms with van der Waals surface area (Å²) in [6.45, 7) is 0. The molecule has 0 fully saturated rings. The molecule has 0 amide bonds. The van der Waals surface area contributed by atoms with E-state index >= 15 is 0 Å². The molecule has 2 aromatic rings. The summed E-state index contributed by atoms with van der Waals surface area (Å²) in [5.41, 5.74) is 4.87. The van der Waals surface area contributed by atoms with Crippen molar-refractivity contribution in [1.82, 2.24) is 15.6 Å². The molecule has 0 bridgehead atoms. The Labute approximate surface area is 88.1 Å². The van der Waals surface area contributed by atoms with Crippen LogP contribution < -0.4 is 11.3 Å². The third kappa shape index (κ3) is 2.18. The third-order valence-electron chi connectivity index (χ3n) is 2.24. The van der Waals surface area contributed by atoms with Gasteiger partial charge in [0.05, 0.1) is 12.2 Å². The van der Waals surface area contributed by atoms with Crippen LogP contribution in [0.15, 0.2) is 48.8 Å². The average molecular weight is 200 g/mol. The van der Waals surface area contributed by atoms with Crippen LogP contribution in [0, 0.1) is 0 Å². The van der Waals surface area contributed by atoms with E-state index in [1.54, 1.807) is 12.4 Å². The van der Waals surface area contributed by atoms with Gasteiger partial charge in [-0.2, -0.15) is 10.2 Å². The maximum absolute atomic E-state index is 5.54. The van der Waals surface area contributed by atoms with Crippen LogP contribution in [-0.4, -0.2) is 10.2 Å². The van der Waals surface area contributed by atoms with Gasteiger partial charge in [-0.05, 0) is 17.2 Å². The second-order valence-electron chi connectivity index (χ2n) is 3.19. The number of benzene rings is 1. The molecule has 76 valence electrons. The fourth-order valence-electron chi connectivity index (χ4n) is 1.50. The van der Waals surface area contributed by atoms with E-state index in [-0.39, 0.29) is 6.04 Å². The zero-order valence-corrected chi connectivity index (χ0v) is 8.17. The molecule has 1 aromatic heterocycles. The summed E-state index contributed by atoms with van der Waals surface area (Å²) < 4.78 is 0. The monoisotopic (exact) mass is 200 g/mol. The molecule has 0 aliphatic rings. The Kier molecular flexibility index (Phi) is 3.02. The highest BCUT2D eigenvalue weighted by Gasteiger charge is 2.11. The second kappa shape index (κ2) is 4.63. The highest BCUT2D eigenvalue weighted by Crippen LogP contribution is 2.19. The number of nitrogens with one attached hydrogen (secondary N) is 1.